The van der Waals surface area contributed by atoms with E-state index in [1.165, 1.54) is 0 Å². The number of fused-ring (bicyclic) bond motifs is 1. The summed E-state index contributed by atoms with van der Waals surface area (Å²) in [6.45, 7) is 0. The van der Waals surface area contributed by atoms with E-state index in [9.17, 15) is 5.11 Å². The fourth-order valence-corrected chi connectivity index (χ4v) is 2.96. The molecular weight excluding hydrogens is 242 g/mol. The summed E-state index contributed by atoms with van der Waals surface area (Å²) in [5.74, 6) is 0.259. The van der Waals surface area contributed by atoms with Crippen LogP contribution in [0.4, 0.5) is 0 Å². The highest BCUT2D eigenvalue weighted by Crippen LogP contribution is 2.35. The van der Waals surface area contributed by atoms with Gasteiger partial charge in [0, 0.05) is 10.4 Å². The summed E-state index contributed by atoms with van der Waals surface area (Å²) in [4.78, 5) is 1.06. The monoisotopic (exact) mass is 255 g/mol. The van der Waals surface area contributed by atoms with Gasteiger partial charge in [0.1, 0.15) is 5.75 Å². The number of hydrogen-bond acceptors (Lipinski definition) is 3. The molecule has 3 heteroatoms. The molecule has 0 saturated heterocycles. The van der Waals surface area contributed by atoms with E-state index in [1.807, 2.05) is 47.8 Å². The van der Waals surface area contributed by atoms with Crippen molar-refractivity contribution in [1.29, 1.82) is 0 Å². The van der Waals surface area contributed by atoms with E-state index >= 15 is 0 Å². The van der Waals surface area contributed by atoms with Crippen LogP contribution in [0.15, 0.2) is 53.9 Å². The molecule has 0 bridgehead atoms. The molecule has 0 spiro atoms. The number of aromatic hydroxyl groups is 1. The molecule has 1 aromatic heterocycles. The van der Waals surface area contributed by atoms with Crippen LogP contribution in [0.5, 0.6) is 5.75 Å². The highest BCUT2D eigenvalue weighted by Gasteiger charge is 2.17. The van der Waals surface area contributed by atoms with Crippen molar-refractivity contribution in [3.8, 4) is 5.75 Å². The zero-order valence-electron chi connectivity index (χ0n) is 9.71. The maximum atomic E-state index is 10.1. The zero-order chi connectivity index (χ0) is 12.5. The first-order valence-electron chi connectivity index (χ1n) is 5.77. The molecule has 1 atom stereocenters. The zero-order valence-corrected chi connectivity index (χ0v) is 10.5. The highest BCUT2D eigenvalue weighted by atomic mass is 32.1. The molecule has 0 radical (unpaired) electrons. The molecule has 3 N–H and O–H groups in total. The summed E-state index contributed by atoms with van der Waals surface area (Å²) in [6, 6.07) is 15.3. The standard InChI is InChI=1S/C15H13NOS/c16-15(13-6-3-9-18-13)14-11-5-2-1-4-10(11)7-8-12(14)17/h1-9,15,17H,16H2. The van der Waals surface area contributed by atoms with Gasteiger partial charge in [-0.2, -0.15) is 0 Å². The largest absolute Gasteiger partial charge is 0.508 e. The Morgan fingerprint density at radius 3 is 2.61 bits per heavy atom. The molecule has 0 aliphatic heterocycles. The predicted molar refractivity (Wildman–Crippen MR) is 76.0 cm³/mol. The van der Waals surface area contributed by atoms with Crippen LogP contribution < -0.4 is 5.73 Å². The summed E-state index contributed by atoms with van der Waals surface area (Å²) in [5.41, 5.74) is 7.08. The summed E-state index contributed by atoms with van der Waals surface area (Å²) in [7, 11) is 0. The average molecular weight is 255 g/mol. The second kappa shape index (κ2) is 4.44. The van der Waals surface area contributed by atoms with Gasteiger partial charge in [0.15, 0.2) is 0 Å². The summed E-state index contributed by atoms with van der Waals surface area (Å²) in [5, 5.41) is 14.2. The third kappa shape index (κ3) is 1.78. The molecule has 0 fully saturated rings. The van der Waals surface area contributed by atoms with Gasteiger partial charge in [0.2, 0.25) is 0 Å². The first-order valence-corrected chi connectivity index (χ1v) is 6.65. The lowest BCUT2D eigenvalue weighted by atomic mass is 9.97. The lowest BCUT2D eigenvalue weighted by molar-refractivity contribution is 0.467. The molecule has 3 rings (SSSR count). The Balaban J connectivity index is 2.24. The van der Waals surface area contributed by atoms with Gasteiger partial charge >= 0.3 is 0 Å². The molecule has 0 aliphatic rings. The predicted octanol–water partition coefficient (Wildman–Crippen LogP) is 3.66. The van der Waals surface area contributed by atoms with Crippen molar-refractivity contribution in [3.05, 3.63) is 64.4 Å². The fourth-order valence-electron chi connectivity index (χ4n) is 2.22. The van der Waals surface area contributed by atoms with Gasteiger partial charge in [-0.15, -0.1) is 11.3 Å². The number of hydrogen-bond donors (Lipinski definition) is 2. The van der Waals surface area contributed by atoms with Crippen LogP contribution >= 0.6 is 11.3 Å². The maximum absolute atomic E-state index is 10.1. The first-order chi connectivity index (χ1) is 8.77. The number of rotatable bonds is 2. The van der Waals surface area contributed by atoms with Crippen LogP contribution in [0.3, 0.4) is 0 Å². The molecule has 2 aromatic carbocycles. The lowest BCUT2D eigenvalue weighted by Crippen LogP contribution is -2.11. The molecule has 0 aliphatic carbocycles. The number of phenolic OH excluding ortho intramolecular Hbond substituents is 1. The number of nitrogens with two attached hydrogens (primary N) is 1. The third-order valence-corrected chi connectivity index (χ3v) is 4.06. The molecule has 1 heterocycles. The van der Waals surface area contributed by atoms with Crippen LogP contribution in [0.1, 0.15) is 16.5 Å². The molecule has 2 nitrogen and oxygen atoms in total. The molecule has 3 aromatic rings. The van der Waals surface area contributed by atoms with E-state index in [2.05, 4.69) is 0 Å². The van der Waals surface area contributed by atoms with Crippen LogP contribution in [-0.4, -0.2) is 5.11 Å². The summed E-state index contributed by atoms with van der Waals surface area (Å²) in [6.07, 6.45) is 0. The summed E-state index contributed by atoms with van der Waals surface area (Å²) >= 11 is 1.61. The Labute approximate surface area is 109 Å². The average Bonchev–Trinajstić information content (AvgIpc) is 2.92. The van der Waals surface area contributed by atoms with Gasteiger partial charge in [0.05, 0.1) is 6.04 Å². The van der Waals surface area contributed by atoms with E-state index in [4.69, 9.17) is 5.73 Å². The highest BCUT2D eigenvalue weighted by molar-refractivity contribution is 7.10. The third-order valence-electron chi connectivity index (χ3n) is 3.11. The Kier molecular flexibility index (Phi) is 2.78. The van der Waals surface area contributed by atoms with Crippen LogP contribution in [-0.2, 0) is 0 Å². The normalized spacial score (nSPS) is 12.7. The fraction of sp³-hybridized carbons (Fsp3) is 0.0667. The maximum Gasteiger partial charge on any atom is 0.121 e. The number of benzene rings is 2. The van der Waals surface area contributed by atoms with E-state index in [0.29, 0.717) is 0 Å². The van der Waals surface area contributed by atoms with Gasteiger partial charge in [0.25, 0.3) is 0 Å². The Bertz CT molecular complexity index is 676. The van der Waals surface area contributed by atoms with Crippen molar-refractivity contribution >= 4 is 22.1 Å². The van der Waals surface area contributed by atoms with Crippen molar-refractivity contribution in [2.75, 3.05) is 0 Å². The summed E-state index contributed by atoms with van der Waals surface area (Å²) < 4.78 is 0. The lowest BCUT2D eigenvalue weighted by Gasteiger charge is -2.15. The molecule has 0 amide bonds. The first kappa shape index (κ1) is 11.3. The van der Waals surface area contributed by atoms with E-state index < -0.39 is 0 Å². The minimum Gasteiger partial charge on any atom is -0.508 e. The van der Waals surface area contributed by atoms with Crippen molar-refractivity contribution < 1.29 is 5.11 Å². The minimum atomic E-state index is -0.281. The van der Waals surface area contributed by atoms with Gasteiger partial charge in [-0.05, 0) is 28.3 Å². The number of thiophene rings is 1. The van der Waals surface area contributed by atoms with Crippen LogP contribution in [0.2, 0.25) is 0 Å². The smallest absolute Gasteiger partial charge is 0.121 e. The van der Waals surface area contributed by atoms with Crippen molar-refractivity contribution in [1.82, 2.24) is 0 Å². The Morgan fingerprint density at radius 1 is 1.00 bits per heavy atom. The van der Waals surface area contributed by atoms with Crippen molar-refractivity contribution in [2.45, 2.75) is 6.04 Å². The Morgan fingerprint density at radius 2 is 1.83 bits per heavy atom. The molecule has 0 saturated carbocycles. The SMILES string of the molecule is NC(c1cccs1)c1c(O)ccc2ccccc12. The molecule has 1 unspecified atom stereocenters. The van der Waals surface area contributed by atoms with Gasteiger partial charge in [-0.1, -0.05) is 36.4 Å². The quantitative estimate of drug-likeness (QED) is 0.734. The van der Waals surface area contributed by atoms with E-state index in [-0.39, 0.29) is 11.8 Å². The van der Waals surface area contributed by atoms with Crippen LogP contribution in [0.25, 0.3) is 10.8 Å². The number of phenols is 1. The van der Waals surface area contributed by atoms with Gasteiger partial charge < -0.3 is 10.8 Å². The Hall–Kier alpha value is -1.84. The molecular formula is C15H13NOS. The van der Waals surface area contributed by atoms with E-state index in [0.717, 1.165) is 21.2 Å². The van der Waals surface area contributed by atoms with Crippen molar-refractivity contribution in [2.24, 2.45) is 5.73 Å². The second-order valence-electron chi connectivity index (χ2n) is 4.21. The van der Waals surface area contributed by atoms with E-state index in [1.54, 1.807) is 17.4 Å². The van der Waals surface area contributed by atoms with Crippen molar-refractivity contribution in [3.63, 3.8) is 0 Å². The van der Waals surface area contributed by atoms with Crippen LogP contribution in [0, 0.1) is 0 Å². The minimum absolute atomic E-state index is 0.259. The van der Waals surface area contributed by atoms with Gasteiger partial charge in [-0.3, -0.25) is 0 Å². The molecule has 18 heavy (non-hydrogen) atoms. The second-order valence-corrected chi connectivity index (χ2v) is 5.19. The van der Waals surface area contributed by atoms with Gasteiger partial charge in [-0.25, -0.2) is 0 Å². The molecule has 90 valence electrons. The topological polar surface area (TPSA) is 46.2 Å².